The molecule has 0 radical (unpaired) electrons. The van der Waals surface area contributed by atoms with Crippen LogP contribution in [0.5, 0.6) is 0 Å². The first-order chi connectivity index (χ1) is 12.2. The fourth-order valence-electron chi connectivity index (χ4n) is 3.52. The molecule has 3 rings (SSSR count). The van der Waals surface area contributed by atoms with Gasteiger partial charge in [-0.2, -0.15) is 0 Å². The smallest absolute Gasteiger partial charge is 0.286 e. The van der Waals surface area contributed by atoms with Gasteiger partial charge in [0.15, 0.2) is 5.76 Å². The number of benzene rings is 1. The zero-order valence-electron chi connectivity index (χ0n) is 14.6. The highest BCUT2D eigenvalue weighted by atomic mass is 19.1. The second kappa shape index (κ2) is 8.30. The van der Waals surface area contributed by atoms with E-state index in [9.17, 15) is 9.18 Å². The van der Waals surface area contributed by atoms with E-state index in [1.807, 2.05) is 18.2 Å². The zero-order valence-corrected chi connectivity index (χ0v) is 14.6. The molecule has 0 aliphatic carbocycles. The number of aryl methyl sites for hydroxylation is 1. The molecule has 134 valence electrons. The maximum atomic E-state index is 13.7. The molecule has 1 aliphatic heterocycles. The van der Waals surface area contributed by atoms with Crippen LogP contribution in [0.1, 0.15) is 41.1 Å². The minimum atomic E-state index is -0.201. The molecule has 1 aliphatic rings. The molecular formula is C20H25FN2O2. The van der Waals surface area contributed by atoms with Gasteiger partial charge in [0.05, 0.1) is 6.54 Å². The van der Waals surface area contributed by atoms with Crippen LogP contribution in [-0.4, -0.2) is 30.9 Å². The van der Waals surface area contributed by atoms with E-state index in [1.54, 1.807) is 19.2 Å². The Morgan fingerprint density at radius 3 is 2.96 bits per heavy atom. The summed E-state index contributed by atoms with van der Waals surface area (Å²) in [5.74, 6) is 1.43. The summed E-state index contributed by atoms with van der Waals surface area (Å²) in [5, 5.41) is 2.57. The average Bonchev–Trinajstić information content (AvgIpc) is 3.09. The van der Waals surface area contributed by atoms with Gasteiger partial charge in [0.2, 0.25) is 0 Å². The molecule has 2 aromatic rings. The number of hydrogen-bond donors (Lipinski definition) is 1. The SMILES string of the molecule is CNC(=O)c1ccc(CN2CCC[C@H](CCc3ccccc3F)C2)o1. The van der Waals surface area contributed by atoms with E-state index < -0.39 is 0 Å². The van der Waals surface area contributed by atoms with E-state index in [4.69, 9.17) is 4.42 Å². The molecule has 1 atom stereocenters. The molecule has 0 unspecified atom stereocenters. The van der Waals surface area contributed by atoms with Gasteiger partial charge >= 0.3 is 0 Å². The van der Waals surface area contributed by atoms with Crippen molar-refractivity contribution in [1.82, 2.24) is 10.2 Å². The molecular weight excluding hydrogens is 319 g/mol. The topological polar surface area (TPSA) is 45.5 Å². The quantitative estimate of drug-likeness (QED) is 0.870. The van der Waals surface area contributed by atoms with Crippen molar-refractivity contribution in [2.24, 2.45) is 5.92 Å². The molecule has 1 aromatic heterocycles. The van der Waals surface area contributed by atoms with Gasteiger partial charge in [-0.3, -0.25) is 9.69 Å². The van der Waals surface area contributed by atoms with Gasteiger partial charge in [-0.25, -0.2) is 4.39 Å². The first-order valence-electron chi connectivity index (χ1n) is 8.92. The largest absolute Gasteiger partial charge is 0.455 e. The molecule has 1 fully saturated rings. The highest BCUT2D eigenvalue weighted by Crippen LogP contribution is 2.24. The molecule has 1 aromatic carbocycles. The summed E-state index contributed by atoms with van der Waals surface area (Å²) in [7, 11) is 1.59. The Bertz CT molecular complexity index is 713. The average molecular weight is 344 g/mol. The van der Waals surface area contributed by atoms with Crippen LogP contribution in [-0.2, 0) is 13.0 Å². The number of nitrogens with zero attached hydrogens (tertiary/aromatic N) is 1. The molecule has 25 heavy (non-hydrogen) atoms. The van der Waals surface area contributed by atoms with E-state index in [1.165, 1.54) is 12.5 Å². The van der Waals surface area contributed by atoms with E-state index in [0.29, 0.717) is 18.2 Å². The van der Waals surface area contributed by atoms with Gasteiger partial charge in [-0.15, -0.1) is 0 Å². The number of rotatable bonds is 6. The minimum Gasteiger partial charge on any atom is -0.455 e. The van der Waals surface area contributed by atoms with E-state index >= 15 is 0 Å². The number of likely N-dealkylation sites (tertiary alicyclic amines) is 1. The Morgan fingerprint density at radius 1 is 1.32 bits per heavy atom. The van der Waals surface area contributed by atoms with Crippen LogP contribution in [0.25, 0.3) is 0 Å². The Labute approximate surface area is 148 Å². The standard InChI is InChI=1S/C20H25FN2O2/c1-22-20(24)19-11-10-17(25-19)14-23-12-4-5-15(13-23)8-9-16-6-2-3-7-18(16)21/h2-3,6-7,10-11,15H,4-5,8-9,12-14H2,1H3,(H,22,24)/t15-/m1/s1. The third kappa shape index (κ3) is 4.69. The summed E-state index contributed by atoms with van der Waals surface area (Å²) < 4.78 is 19.4. The lowest BCUT2D eigenvalue weighted by Gasteiger charge is -2.32. The van der Waals surface area contributed by atoms with Crippen molar-refractivity contribution in [3.8, 4) is 0 Å². The van der Waals surface area contributed by atoms with E-state index in [0.717, 1.165) is 43.7 Å². The van der Waals surface area contributed by atoms with Gasteiger partial charge in [-0.05, 0) is 61.9 Å². The normalized spacial score (nSPS) is 18.2. The molecule has 0 bridgehead atoms. The zero-order chi connectivity index (χ0) is 17.6. The maximum absolute atomic E-state index is 13.7. The van der Waals surface area contributed by atoms with Crippen LogP contribution in [0.3, 0.4) is 0 Å². The summed E-state index contributed by atoms with van der Waals surface area (Å²) in [5.41, 5.74) is 0.806. The van der Waals surface area contributed by atoms with Gasteiger partial charge in [0, 0.05) is 13.6 Å². The first kappa shape index (κ1) is 17.7. The van der Waals surface area contributed by atoms with Crippen LogP contribution in [0.2, 0.25) is 0 Å². The van der Waals surface area contributed by atoms with Gasteiger partial charge in [0.25, 0.3) is 5.91 Å². The lowest BCUT2D eigenvalue weighted by atomic mass is 9.91. The summed E-state index contributed by atoms with van der Waals surface area (Å²) in [4.78, 5) is 13.9. The van der Waals surface area contributed by atoms with Crippen molar-refractivity contribution >= 4 is 5.91 Å². The van der Waals surface area contributed by atoms with E-state index in [-0.39, 0.29) is 11.7 Å². The first-order valence-corrected chi connectivity index (χ1v) is 8.92. The third-order valence-corrected chi connectivity index (χ3v) is 4.87. The van der Waals surface area contributed by atoms with Crippen LogP contribution in [0.15, 0.2) is 40.8 Å². The van der Waals surface area contributed by atoms with Crippen molar-refractivity contribution in [2.45, 2.75) is 32.2 Å². The van der Waals surface area contributed by atoms with Crippen LogP contribution < -0.4 is 5.32 Å². The highest BCUT2D eigenvalue weighted by Gasteiger charge is 2.21. The van der Waals surface area contributed by atoms with Crippen molar-refractivity contribution in [1.29, 1.82) is 0 Å². The molecule has 0 saturated carbocycles. The molecule has 2 heterocycles. The predicted octanol–water partition coefficient (Wildman–Crippen LogP) is 3.62. The summed E-state index contributed by atoms with van der Waals surface area (Å²) in [6.07, 6.45) is 4.11. The number of piperidine rings is 1. The number of nitrogens with one attached hydrogen (secondary N) is 1. The number of carbonyl (C=O) groups excluding carboxylic acids is 1. The van der Waals surface area contributed by atoms with Crippen LogP contribution >= 0.6 is 0 Å². The lowest BCUT2D eigenvalue weighted by Crippen LogP contribution is -2.35. The number of halogens is 1. The molecule has 1 N–H and O–H groups in total. The highest BCUT2D eigenvalue weighted by molar-refractivity contribution is 5.91. The van der Waals surface area contributed by atoms with Gasteiger partial charge < -0.3 is 9.73 Å². The summed E-state index contributed by atoms with van der Waals surface area (Å²) in [6, 6.07) is 10.6. The van der Waals surface area contributed by atoms with Crippen molar-refractivity contribution < 1.29 is 13.6 Å². The summed E-state index contributed by atoms with van der Waals surface area (Å²) >= 11 is 0. The van der Waals surface area contributed by atoms with Crippen LogP contribution in [0.4, 0.5) is 4.39 Å². The molecule has 5 heteroatoms. The lowest BCUT2D eigenvalue weighted by molar-refractivity contribution is 0.0929. The Morgan fingerprint density at radius 2 is 2.16 bits per heavy atom. The second-order valence-electron chi connectivity index (χ2n) is 6.72. The van der Waals surface area contributed by atoms with E-state index in [2.05, 4.69) is 10.2 Å². The second-order valence-corrected chi connectivity index (χ2v) is 6.72. The Balaban J connectivity index is 1.52. The molecule has 4 nitrogen and oxygen atoms in total. The van der Waals surface area contributed by atoms with Gasteiger partial charge in [0.1, 0.15) is 11.6 Å². The van der Waals surface area contributed by atoms with Crippen LogP contribution in [0, 0.1) is 11.7 Å². The maximum Gasteiger partial charge on any atom is 0.286 e. The van der Waals surface area contributed by atoms with Crippen molar-refractivity contribution in [2.75, 3.05) is 20.1 Å². The Kier molecular flexibility index (Phi) is 5.87. The number of furan rings is 1. The fraction of sp³-hybridized carbons (Fsp3) is 0.450. The molecule has 0 spiro atoms. The van der Waals surface area contributed by atoms with Gasteiger partial charge in [-0.1, -0.05) is 18.2 Å². The molecule has 1 amide bonds. The van der Waals surface area contributed by atoms with Crippen molar-refractivity contribution in [3.63, 3.8) is 0 Å². The number of amides is 1. The predicted molar refractivity (Wildman–Crippen MR) is 94.8 cm³/mol. The monoisotopic (exact) mass is 344 g/mol. The minimum absolute atomic E-state index is 0.104. The molecule has 1 saturated heterocycles. The Hall–Kier alpha value is -2.14. The number of hydrogen-bond acceptors (Lipinski definition) is 3. The van der Waals surface area contributed by atoms with Crippen molar-refractivity contribution in [3.05, 3.63) is 59.3 Å². The fourth-order valence-corrected chi connectivity index (χ4v) is 3.52. The summed E-state index contributed by atoms with van der Waals surface area (Å²) in [6.45, 7) is 2.74. The number of carbonyl (C=O) groups is 1. The third-order valence-electron chi connectivity index (χ3n) is 4.87.